The Hall–Kier alpha value is -7.73. The second-order valence-corrected chi connectivity index (χ2v) is 16.2. The summed E-state index contributed by atoms with van der Waals surface area (Å²) >= 11 is 1.84. The third kappa shape index (κ3) is 5.63. The van der Waals surface area contributed by atoms with Crippen LogP contribution in [0.5, 0.6) is 0 Å². The van der Waals surface area contributed by atoms with Crippen molar-refractivity contribution in [2.45, 2.75) is 0 Å². The molecule has 5 heteroatoms. The molecule has 0 unspecified atom stereocenters. The lowest BCUT2D eigenvalue weighted by Gasteiger charge is -2.17. The quantitative estimate of drug-likeness (QED) is 0.169. The van der Waals surface area contributed by atoms with Gasteiger partial charge in [-0.15, -0.1) is 11.3 Å². The highest BCUT2D eigenvalue weighted by Crippen LogP contribution is 2.42. The van der Waals surface area contributed by atoms with E-state index in [1.807, 2.05) is 29.5 Å². The van der Waals surface area contributed by atoms with Gasteiger partial charge in [-0.3, -0.25) is 0 Å². The lowest BCUT2D eigenvalue weighted by molar-refractivity contribution is 1.06. The zero-order chi connectivity index (χ0) is 39.6. The first-order chi connectivity index (χ1) is 29.7. The Morgan fingerprint density at radius 1 is 0.333 bits per heavy atom. The summed E-state index contributed by atoms with van der Waals surface area (Å²) in [5.74, 6) is 1.85. The van der Waals surface area contributed by atoms with Gasteiger partial charge in [0.1, 0.15) is 0 Å². The molecule has 0 bridgehead atoms. The number of aromatic nitrogens is 4. The Balaban J connectivity index is 1.10. The predicted molar refractivity (Wildman–Crippen MR) is 252 cm³/mol. The number of thiophene rings is 1. The minimum absolute atomic E-state index is 0.609. The van der Waals surface area contributed by atoms with E-state index in [1.165, 1.54) is 52.8 Å². The molecule has 0 spiro atoms. The van der Waals surface area contributed by atoms with E-state index >= 15 is 0 Å². The summed E-state index contributed by atoms with van der Waals surface area (Å²) in [6, 6.07) is 73.3. The Bertz CT molecular complexity index is 3560. The van der Waals surface area contributed by atoms with Gasteiger partial charge in [0, 0.05) is 47.6 Å². The van der Waals surface area contributed by atoms with E-state index in [0.717, 1.165) is 44.5 Å². The topological polar surface area (TPSA) is 43.6 Å². The van der Waals surface area contributed by atoms with Crippen molar-refractivity contribution in [2.24, 2.45) is 0 Å². The summed E-state index contributed by atoms with van der Waals surface area (Å²) in [6.07, 6.45) is 0. The molecule has 0 radical (unpaired) electrons. The number of hydrogen-bond donors (Lipinski definition) is 0. The van der Waals surface area contributed by atoms with Gasteiger partial charge in [-0.25, -0.2) is 15.0 Å². The lowest BCUT2D eigenvalue weighted by Crippen LogP contribution is -2.04. The number of rotatable bonds is 6. The number of para-hydroxylation sites is 2. The van der Waals surface area contributed by atoms with Crippen LogP contribution in [0.3, 0.4) is 0 Å². The van der Waals surface area contributed by atoms with Crippen molar-refractivity contribution in [1.82, 2.24) is 19.5 Å². The molecule has 3 aromatic heterocycles. The average Bonchev–Trinajstić information content (AvgIpc) is 3.87. The van der Waals surface area contributed by atoms with Crippen LogP contribution < -0.4 is 0 Å². The van der Waals surface area contributed by atoms with Crippen LogP contribution in [0.1, 0.15) is 0 Å². The van der Waals surface area contributed by atoms with Crippen LogP contribution in [-0.2, 0) is 0 Å². The normalized spacial score (nSPS) is 11.7. The molecule has 3 heterocycles. The molecule has 0 saturated heterocycles. The number of benzene rings is 9. The summed E-state index contributed by atoms with van der Waals surface area (Å²) in [5, 5.41) is 7.37. The predicted octanol–water partition coefficient (Wildman–Crippen LogP) is 14.8. The summed E-state index contributed by atoms with van der Waals surface area (Å²) in [5.41, 5.74) is 10.6. The largest absolute Gasteiger partial charge is 0.308 e. The maximum absolute atomic E-state index is 5.38. The fourth-order valence-electron chi connectivity index (χ4n) is 8.87. The van der Waals surface area contributed by atoms with Gasteiger partial charge in [0.25, 0.3) is 0 Å². The minimum atomic E-state index is 0.609. The second kappa shape index (κ2) is 14.0. The minimum Gasteiger partial charge on any atom is -0.308 e. The Kier molecular flexibility index (Phi) is 8.00. The fraction of sp³-hybridized carbons (Fsp3) is 0. The Morgan fingerprint density at radius 3 is 1.70 bits per heavy atom. The van der Waals surface area contributed by atoms with Crippen LogP contribution in [0, 0.1) is 0 Å². The van der Waals surface area contributed by atoms with E-state index in [0.29, 0.717) is 17.5 Å². The van der Waals surface area contributed by atoms with E-state index in [-0.39, 0.29) is 0 Å². The van der Waals surface area contributed by atoms with Gasteiger partial charge < -0.3 is 4.57 Å². The molecule has 0 aliphatic carbocycles. The maximum atomic E-state index is 5.38. The molecule has 60 heavy (non-hydrogen) atoms. The second-order valence-electron chi connectivity index (χ2n) is 15.2. The van der Waals surface area contributed by atoms with Crippen LogP contribution in [0.15, 0.2) is 206 Å². The summed E-state index contributed by atoms with van der Waals surface area (Å²) < 4.78 is 4.95. The van der Waals surface area contributed by atoms with Gasteiger partial charge in [-0.1, -0.05) is 170 Å². The van der Waals surface area contributed by atoms with E-state index in [2.05, 4.69) is 193 Å². The Labute approximate surface area is 350 Å². The monoisotopic (exact) mass is 782 g/mol. The SMILES string of the molecule is c1ccc(-c2nc(-c3cccc(-c4cccc5c4sc4ccccc45)c3)nc(-c3ccc(-c4cccc5ccccc45)cc3-n3c4ccccc4c4ccccc43)n2)cc1. The first-order valence-corrected chi connectivity index (χ1v) is 21.0. The lowest BCUT2D eigenvalue weighted by atomic mass is 9.96. The molecule has 12 aromatic rings. The van der Waals surface area contributed by atoms with E-state index in [9.17, 15) is 0 Å². The first-order valence-electron chi connectivity index (χ1n) is 20.2. The van der Waals surface area contributed by atoms with Gasteiger partial charge in [0.05, 0.1) is 16.7 Å². The number of hydrogen-bond acceptors (Lipinski definition) is 4. The zero-order valence-corrected chi connectivity index (χ0v) is 33.1. The molecule has 0 aliphatic rings. The summed E-state index contributed by atoms with van der Waals surface area (Å²) in [7, 11) is 0. The molecular formula is C55H34N4S. The molecule has 0 amide bonds. The Morgan fingerprint density at radius 2 is 0.883 bits per heavy atom. The molecule has 12 rings (SSSR count). The summed E-state index contributed by atoms with van der Waals surface area (Å²) in [6.45, 7) is 0. The van der Waals surface area contributed by atoms with Crippen LogP contribution in [0.4, 0.5) is 0 Å². The number of fused-ring (bicyclic) bond motifs is 7. The zero-order valence-electron chi connectivity index (χ0n) is 32.3. The van der Waals surface area contributed by atoms with Crippen LogP contribution in [0.2, 0.25) is 0 Å². The maximum Gasteiger partial charge on any atom is 0.166 e. The fourth-order valence-corrected chi connectivity index (χ4v) is 10.1. The van der Waals surface area contributed by atoms with Crippen LogP contribution in [-0.4, -0.2) is 19.5 Å². The third-order valence-corrected chi connectivity index (χ3v) is 12.9. The van der Waals surface area contributed by atoms with Gasteiger partial charge in [-0.05, 0) is 69.4 Å². The number of nitrogens with zero attached hydrogens (tertiary/aromatic N) is 4. The standard InChI is InChI=1S/C55H34N4S/c1-2-16-36(17-3-1)53-56-54(39-20-12-19-37(33-39)42-26-14-27-46-45-24-8-11-30-51(45)60-52(42)46)58-55(57-53)47-32-31-38(41-25-13-18-35-15-4-5-21-40(35)41)34-50(47)59-48-28-9-6-22-43(48)44-23-7-10-29-49(44)59/h1-34H. The third-order valence-electron chi connectivity index (χ3n) is 11.7. The molecule has 4 nitrogen and oxygen atoms in total. The van der Waals surface area contributed by atoms with Crippen LogP contribution >= 0.6 is 11.3 Å². The molecule has 280 valence electrons. The van der Waals surface area contributed by atoms with Crippen molar-refractivity contribution in [1.29, 1.82) is 0 Å². The van der Waals surface area contributed by atoms with Crippen molar-refractivity contribution in [2.75, 3.05) is 0 Å². The highest BCUT2D eigenvalue weighted by molar-refractivity contribution is 7.26. The molecule has 0 fully saturated rings. The molecular weight excluding hydrogens is 749 g/mol. The van der Waals surface area contributed by atoms with Crippen molar-refractivity contribution in [3.05, 3.63) is 206 Å². The van der Waals surface area contributed by atoms with Gasteiger partial charge >= 0.3 is 0 Å². The molecule has 0 saturated carbocycles. The van der Waals surface area contributed by atoms with Crippen molar-refractivity contribution in [3.63, 3.8) is 0 Å². The van der Waals surface area contributed by atoms with E-state index < -0.39 is 0 Å². The highest BCUT2D eigenvalue weighted by atomic mass is 32.1. The van der Waals surface area contributed by atoms with E-state index in [1.54, 1.807) is 0 Å². The van der Waals surface area contributed by atoms with Crippen molar-refractivity contribution >= 4 is 64.1 Å². The summed E-state index contributed by atoms with van der Waals surface area (Å²) in [4.78, 5) is 15.9. The first kappa shape index (κ1) is 34.3. The van der Waals surface area contributed by atoms with Crippen LogP contribution in [0.25, 0.3) is 115 Å². The van der Waals surface area contributed by atoms with Gasteiger partial charge in [0.15, 0.2) is 17.5 Å². The molecule has 9 aromatic carbocycles. The van der Waals surface area contributed by atoms with E-state index in [4.69, 9.17) is 15.0 Å². The molecule has 0 aliphatic heterocycles. The smallest absolute Gasteiger partial charge is 0.166 e. The van der Waals surface area contributed by atoms with Crippen molar-refractivity contribution in [3.8, 4) is 62.1 Å². The highest BCUT2D eigenvalue weighted by Gasteiger charge is 2.21. The average molecular weight is 783 g/mol. The molecule has 0 N–H and O–H groups in total. The van der Waals surface area contributed by atoms with Crippen molar-refractivity contribution < 1.29 is 0 Å². The van der Waals surface area contributed by atoms with Gasteiger partial charge in [-0.2, -0.15) is 0 Å². The molecule has 0 atom stereocenters. The van der Waals surface area contributed by atoms with Gasteiger partial charge in [0.2, 0.25) is 0 Å².